The number of aromatic nitrogens is 2. The molecule has 0 radical (unpaired) electrons. The molecule has 2 heterocycles. The van der Waals surface area contributed by atoms with Gasteiger partial charge in [-0.05, 0) is 18.2 Å². The quantitative estimate of drug-likeness (QED) is 0.817. The highest BCUT2D eigenvalue weighted by molar-refractivity contribution is 5.93. The fraction of sp³-hybridized carbons (Fsp3) is 0.444. The Morgan fingerprint density at radius 3 is 2.60 bits per heavy atom. The summed E-state index contributed by atoms with van der Waals surface area (Å²) in [7, 11) is 1.60. The number of benzene rings is 1. The average Bonchev–Trinajstić information content (AvgIpc) is 3.15. The fourth-order valence-corrected chi connectivity index (χ4v) is 2.99. The number of anilines is 1. The van der Waals surface area contributed by atoms with Crippen molar-refractivity contribution in [2.45, 2.75) is 6.54 Å². The Hall–Kier alpha value is -2.38. The van der Waals surface area contributed by atoms with Gasteiger partial charge in [0.1, 0.15) is 5.75 Å². The lowest BCUT2D eigenvalue weighted by molar-refractivity contribution is -0.117. The molecule has 1 saturated heterocycles. The van der Waals surface area contributed by atoms with E-state index in [1.807, 2.05) is 41.2 Å². The summed E-state index contributed by atoms with van der Waals surface area (Å²) in [6.45, 7) is 6.05. The minimum atomic E-state index is -0.00510. The maximum Gasteiger partial charge on any atom is 0.238 e. The summed E-state index contributed by atoms with van der Waals surface area (Å²) in [5.74, 6) is 0.675. The second-order valence-electron chi connectivity index (χ2n) is 6.14. The Morgan fingerprint density at radius 1 is 1.12 bits per heavy atom. The highest BCUT2D eigenvalue weighted by Gasteiger charge is 2.19. The molecule has 1 aromatic heterocycles. The van der Waals surface area contributed by atoms with Gasteiger partial charge in [-0.1, -0.05) is 12.1 Å². The Balaban J connectivity index is 1.40. The molecule has 0 saturated carbocycles. The smallest absolute Gasteiger partial charge is 0.238 e. The van der Waals surface area contributed by atoms with Crippen molar-refractivity contribution in [3.63, 3.8) is 0 Å². The van der Waals surface area contributed by atoms with Crippen molar-refractivity contribution in [2.24, 2.45) is 0 Å². The van der Waals surface area contributed by atoms with Crippen LogP contribution in [0.1, 0.15) is 0 Å². The van der Waals surface area contributed by atoms with E-state index >= 15 is 0 Å². The number of hydrogen-bond acceptors (Lipinski definition) is 5. The summed E-state index contributed by atoms with van der Waals surface area (Å²) >= 11 is 0. The number of piperazine rings is 1. The number of para-hydroxylation sites is 2. The van der Waals surface area contributed by atoms with Gasteiger partial charge in [0.2, 0.25) is 5.91 Å². The van der Waals surface area contributed by atoms with E-state index in [1.165, 1.54) is 0 Å². The van der Waals surface area contributed by atoms with Gasteiger partial charge in [-0.3, -0.25) is 19.3 Å². The number of amides is 1. The minimum Gasteiger partial charge on any atom is -0.495 e. The number of carbonyl (C=O) groups is 1. The van der Waals surface area contributed by atoms with Crippen molar-refractivity contribution in [3.05, 3.63) is 42.7 Å². The molecule has 7 nitrogen and oxygen atoms in total. The zero-order valence-corrected chi connectivity index (χ0v) is 14.6. The van der Waals surface area contributed by atoms with Gasteiger partial charge in [-0.25, -0.2) is 0 Å². The van der Waals surface area contributed by atoms with Crippen LogP contribution in [0.25, 0.3) is 0 Å². The van der Waals surface area contributed by atoms with E-state index < -0.39 is 0 Å². The van der Waals surface area contributed by atoms with Crippen LogP contribution in [0.2, 0.25) is 0 Å². The number of nitrogens with zero attached hydrogens (tertiary/aromatic N) is 4. The van der Waals surface area contributed by atoms with Gasteiger partial charge < -0.3 is 10.1 Å². The average molecular weight is 343 g/mol. The topological polar surface area (TPSA) is 62.6 Å². The summed E-state index contributed by atoms with van der Waals surface area (Å²) in [5.41, 5.74) is 0.716. The van der Waals surface area contributed by atoms with Gasteiger partial charge in [-0.15, -0.1) is 0 Å². The van der Waals surface area contributed by atoms with E-state index in [2.05, 4.69) is 20.2 Å². The van der Waals surface area contributed by atoms with Crippen LogP contribution >= 0.6 is 0 Å². The standard InChI is InChI=1S/C18H25N5O2/c1-25-17-6-3-2-5-16(17)20-18(24)15-22-11-9-21(10-12-22)13-14-23-8-4-7-19-23/h2-8H,9-15H2,1H3,(H,20,24). The minimum absolute atomic E-state index is 0.00510. The molecule has 1 aliphatic rings. The maximum absolute atomic E-state index is 12.3. The van der Waals surface area contributed by atoms with Crippen LogP contribution in [0.3, 0.4) is 0 Å². The van der Waals surface area contributed by atoms with E-state index in [0.717, 1.165) is 39.3 Å². The van der Waals surface area contributed by atoms with Crippen LogP contribution in [0.5, 0.6) is 5.75 Å². The highest BCUT2D eigenvalue weighted by atomic mass is 16.5. The zero-order chi connectivity index (χ0) is 17.5. The summed E-state index contributed by atoms with van der Waals surface area (Å²) < 4.78 is 7.22. The van der Waals surface area contributed by atoms with Gasteiger partial charge in [0.05, 0.1) is 25.9 Å². The van der Waals surface area contributed by atoms with Crippen LogP contribution in [-0.2, 0) is 11.3 Å². The second-order valence-corrected chi connectivity index (χ2v) is 6.14. The number of hydrogen-bond donors (Lipinski definition) is 1. The normalized spacial score (nSPS) is 15.9. The number of nitrogens with one attached hydrogen (secondary N) is 1. The lowest BCUT2D eigenvalue weighted by Crippen LogP contribution is -2.49. The number of ether oxygens (including phenoxy) is 1. The van der Waals surface area contributed by atoms with Crippen LogP contribution in [0.15, 0.2) is 42.7 Å². The molecule has 25 heavy (non-hydrogen) atoms. The Morgan fingerprint density at radius 2 is 1.88 bits per heavy atom. The number of rotatable bonds is 7. The van der Waals surface area contributed by atoms with E-state index in [9.17, 15) is 4.79 Å². The van der Waals surface area contributed by atoms with Crippen molar-refractivity contribution in [3.8, 4) is 5.75 Å². The molecule has 3 rings (SSSR count). The first kappa shape index (κ1) is 17.4. The van der Waals surface area contributed by atoms with Crippen molar-refractivity contribution >= 4 is 11.6 Å². The first-order chi connectivity index (χ1) is 12.2. The van der Waals surface area contributed by atoms with Crippen molar-refractivity contribution in [1.82, 2.24) is 19.6 Å². The third kappa shape index (κ3) is 5.04. The van der Waals surface area contributed by atoms with Crippen LogP contribution in [0.4, 0.5) is 5.69 Å². The first-order valence-electron chi connectivity index (χ1n) is 8.59. The monoisotopic (exact) mass is 343 g/mol. The summed E-state index contributed by atoms with van der Waals surface area (Å²) in [6, 6.07) is 9.41. The van der Waals surface area contributed by atoms with Crippen LogP contribution in [0, 0.1) is 0 Å². The lowest BCUT2D eigenvalue weighted by atomic mass is 10.2. The zero-order valence-electron chi connectivity index (χ0n) is 14.6. The molecule has 0 atom stereocenters. The first-order valence-corrected chi connectivity index (χ1v) is 8.59. The molecule has 1 fully saturated rings. The molecule has 1 N–H and O–H groups in total. The molecule has 0 aliphatic carbocycles. The maximum atomic E-state index is 12.3. The van der Waals surface area contributed by atoms with Gasteiger partial charge in [0, 0.05) is 45.1 Å². The molecular weight excluding hydrogens is 318 g/mol. The molecular formula is C18H25N5O2. The van der Waals surface area contributed by atoms with E-state index in [1.54, 1.807) is 13.3 Å². The van der Waals surface area contributed by atoms with Crippen molar-refractivity contribution in [1.29, 1.82) is 0 Å². The second kappa shape index (κ2) is 8.64. The largest absolute Gasteiger partial charge is 0.495 e. The van der Waals surface area contributed by atoms with Crippen LogP contribution < -0.4 is 10.1 Å². The number of methoxy groups -OCH3 is 1. The van der Waals surface area contributed by atoms with E-state index in [4.69, 9.17) is 4.74 Å². The van der Waals surface area contributed by atoms with Crippen LogP contribution in [-0.4, -0.2) is 71.9 Å². The fourth-order valence-electron chi connectivity index (χ4n) is 2.99. The predicted molar refractivity (Wildman–Crippen MR) is 96.7 cm³/mol. The molecule has 1 aliphatic heterocycles. The SMILES string of the molecule is COc1ccccc1NC(=O)CN1CCN(CCn2cccn2)CC1. The van der Waals surface area contributed by atoms with Crippen molar-refractivity contribution in [2.75, 3.05) is 51.7 Å². The predicted octanol–water partition coefficient (Wildman–Crippen LogP) is 1.15. The molecule has 0 bridgehead atoms. The Kier molecular flexibility index (Phi) is 6.03. The van der Waals surface area contributed by atoms with Gasteiger partial charge >= 0.3 is 0 Å². The van der Waals surface area contributed by atoms with Crippen molar-refractivity contribution < 1.29 is 9.53 Å². The third-order valence-electron chi connectivity index (χ3n) is 4.42. The van der Waals surface area contributed by atoms with E-state index in [0.29, 0.717) is 18.0 Å². The molecule has 0 unspecified atom stereocenters. The molecule has 1 amide bonds. The molecule has 0 spiro atoms. The third-order valence-corrected chi connectivity index (χ3v) is 4.42. The summed E-state index contributed by atoms with van der Waals surface area (Å²) in [6.07, 6.45) is 3.79. The molecule has 134 valence electrons. The Labute approximate surface area is 148 Å². The van der Waals surface area contributed by atoms with Gasteiger partial charge in [-0.2, -0.15) is 5.10 Å². The molecule has 2 aromatic rings. The molecule has 1 aromatic carbocycles. The highest BCUT2D eigenvalue weighted by Crippen LogP contribution is 2.22. The number of carbonyl (C=O) groups excluding carboxylic acids is 1. The van der Waals surface area contributed by atoms with E-state index in [-0.39, 0.29) is 5.91 Å². The van der Waals surface area contributed by atoms with Gasteiger partial charge in [0.25, 0.3) is 0 Å². The Bertz CT molecular complexity index is 666. The summed E-state index contributed by atoms with van der Waals surface area (Å²) in [4.78, 5) is 16.9. The molecule has 7 heteroatoms. The van der Waals surface area contributed by atoms with Gasteiger partial charge in [0.15, 0.2) is 0 Å². The summed E-state index contributed by atoms with van der Waals surface area (Å²) in [5, 5.41) is 7.16. The lowest BCUT2D eigenvalue weighted by Gasteiger charge is -2.34.